The van der Waals surface area contributed by atoms with E-state index in [0.29, 0.717) is 12.5 Å². The van der Waals surface area contributed by atoms with Crippen LogP contribution in [0.1, 0.15) is 18.9 Å². The molecule has 0 aromatic heterocycles. The third kappa shape index (κ3) is 3.37. The molecular formula is C14H21ClN2O. The molecule has 18 heavy (non-hydrogen) atoms. The van der Waals surface area contributed by atoms with E-state index in [1.165, 1.54) is 12.0 Å². The summed E-state index contributed by atoms with van der Waals surface area (Å²) in [6.45, 7) is 6.55. The Balaban J connectivity index is 2.05. The summed E-state index contributed by atoms with van der Waals surface area (Å²) in [4.78, 5) is 2.42. The molecule has 4 heteroatoms. The van der Waals surface area contributed by atoms with Gasteiger partial charge >= 0.3 is 0 Å². The molecule has 0 spiro atoms. The van der Waals surface area contributed by atoms with Crippen LogP contribution in [0.25, 0.3) is 0 Å². The van der Waals surface area contributed by atoms with Crippen molar-refractivity contribution in [3.05, 3.63) is 28.8 Å². The molecule has 1 aromatic rings. The molecule has 1 atom stereocenters. The van der Waals surface area contributed by atoms with Crippen LogP contribution >= 0.6 is 11.6 Å². The third-order valence-electron chi connectivity index (χ3n) is 3.42. The molecule has 100 valence electrons. The van der Waals surface area contributed by atoms with Crippen LogP contribution in [0.4, 0.5) is 0 Å². The van der Waals surface area contributed by atoms with Gasteiger partial charge in [0.15, 0.2) is 0 Å². The number of hydrogen-bond acceptors (Lipinski definition) is 3. The van der Waals surface area contributed by atoms with Crippen molar-refractivity contribution >= 4 is 11.6 Å². The Morgan fingerprint density at radius 2 is 2.33 bits per heavy atom. The Morgan fingerprint density at radius 3 is 3.00 bits per heavy atom. The van der Waals surface area contributed by atoms with Crippen LogP contribution in [0.3, 0.4) is 0 Å². The zero-order valence-corrected chi connectivity index (χ0v) is 11.6. The first-order chi connectivity index (χ1) is 8.72. The lowest BCUT2D eigenvalue weighted by Gasteiger charge is -2.18. The molecule has 1 heterocycles. The molecule has 2 rings (SSSR count). The predicted molar refractivity (Wildman–Crippen MR) is 75.1 cm³/mol. The van der Waals surface area contributed by atoms with Gasteiger partial charge in [0, 0.05) is 23.7 Å². The third-order valence-corrected chi connectivity index (χ3v) is 3.65. The fourth-order valence-corrected chi connectivity index (χ4v) is 2.65. The number of ether oxygens (including phenoxy) is 1. The summed E-state index contributed by atoms with van der Waals surface area (Å²) in [7, 11) is 0. The van der Waals surface area contributed by atoms with Gasteiger partial charge in [-0.1, -0.05) is 11.6 Å². The van der Waals surface area contributed by atoms with Crippen molar-refractivity contribution < 1.29 is 4.74 Å². The highest BCUT2D eigenvalue weighted by Gasteiger charge is 2.22. The number of nitrogens with zero attached hydrogens (tertiary/aromatic N) is 1. The molecule has 1 aromatic carbocycles. The average molecular weight is 269 g/mol. The van der Waals surface area contributed by atoms with Gasteiger partial charge in [-0.15, -0.1) is 0 Å². The second-order valence-corrected chi connectivity index (χ2v) is 5.25. The van der Waals surface area contributed by atoms with Gasteiger partial charge in [0.05, 0.1) is 6.61 Å². The maximum absolute atomic E-state index is 6.06. The first-order valence-electron chi connectivity index (χ1n) is 6.56. The lowest BCUT2D eigenvalue weighted by atomic mass is 10.1. The molecule has 0 radical (unpaired) electrons. The van der Waals surface area contributed by atoms with Gasteiger partial charge in [0.2, 0.25) is 0 Å². The summed E-state index contributed by atoms with van der Waals surface area (Å²) in [5.41, 5.74) is 6.89. The van der Waals surface area contributed by atoms with Crippen molar-refractivity contribution in [3.8, 4) is 5.75 Å². The van der Waals surface area contributed by atoms with Crippen LogP contribution in [0.15, 0.2) is 18.2 Å². The van der Waals surface area contributed by atoms with Crippen LogP contribution in [0, 0.1) is 5.92 Å². The van der Waals surface area contributed by atoms with Gasteiger partial charge < -0.3 is 10.5 Å². The second-order valence-electron chi connectivity index (χ2n) is 4.81. The van der Waals surface area contributed by atoms with Crippen molar-refractivity contribution in [2.75, 3.05) is 26.2 Å². The summed E-state index contributed by atoms with van der Waals surface area (Å²) in [6.07, 6.45) is 1.20. The smallest absolute Gasteiger partial charge is 0.123 e. The quantitative estimate of drug-likeness (QED) is 0.892. The van der Waals surface area contributed by atoms with Gasteiger partial charge in [0.1, 0.15) is 5.75 Å². The molecule has 0 unspecified atom stereocenters. The molecule has 2 N–H and O–H groups in total. The van der Waals surface area contributed by atoms with Crippen LogP contribution < -0.4 is 10.5 Å². The van der Waals surface area contributed by atoms with Gasteiger partial charge in [-0.3, -0.25) is 4.90 Å². The van der Waals surface area contributed by atoms with Gasteiger partial charge in [0.25, 0.3) is 0 Å². The first-order valence-corrected chi connectivity index (χ1v) is 6.94. The van der Waals surface area contributed by atoms with Crippen molar-refractivity contribution in [1.29, 1.82) is 0 Å². The number of hydrogen-bond donors (Lipinski definition) is 1. The molecule has 1 aliphatic rings. The summed E-state index contributed by atoms with van der Waals surface area (Å²) in [5.74, 6) is 1.58. The average Bonchev–Trinajstić information content (AvgIpc) is 2.80. The first kappa shape index (κ1) is 13.7. The lowest BCUT2D eigenvalue weighted by Crippen LogP contribution is -2.23. The maximum Gasteiger partial charge on any atom is 0.123 e. The fourth-order valence-electron chi connectivity index (χ4n) is 2.46. The molecule has 1 aliphatic heterocycles. The number of nitrogens with two attached hydrogens (primary N) is 1. The topological polar surface area (TPSA) is 38.5 Å². The van der Waals surface area contributed by atoms with Crippen molar-refractivity contribution in [1.82, 2.24) is 4.90 Å². The molecule has 0 aliphatic carbocycles. The second kappa shape index (κ2) is 6.41. The van der Waals surface area contributed by atoms with Crippen LogP contribution in [-0.2, 0) is 6.54 Å². The maximum atomic E-state index is 6.06. The minimum atomic E-state index is 0.639. The van der Waals surface area contributed by atoms with Crippen molar-refractivity contribution in [3.63, 3.8) is 0 Å². The monoisotopic (exact) mass is 268 g/mol. The minimum Gasteiger partial charge on any atom is -0.494 e. The lowest BCUT2D eigenvalue weighted by molar-refractivity contribution is 0.297. The van der Waals surface area contributed by atoms with Crippen LogP contribution in [-0.4, -0.2) is 31.1 Å². The summed E-state index contributed by atoms with van der Waals surface area (Å²) >= 11 is 6.06. The van der Waals surface area contributed by atoms with Gasteiger partial charge in [-0.25, -0.2) is 0 Å². The molecule has 1 saturated heterocycles. The largest absolute Gasteiger partial charge is 0.494 e. The molecule has 0 saturated carbocycles. The number of halogens is 1. The highest BCUT2D eigenvalue weighted by molar-refractivity contribution is 6.30. The van der Waals surface area contributed by atoms with E-state index < -0.39 is 0 Å². The fraction of sp³-hybridized carbons (Fsp3) is 0.571. The van der Waals surface area contributed by atoms with E-state index in [9.17, 15) is 0 Å². The Bertz CT molecular complexity index is 397. The van der Waals surface area contributed by atoms with E-state index in [1.807, 2.05) is 25.1 Å². The Labute approximate surface area is 114 Å². The number of benzene rings is 1. The molecular weight excluding hydrogens is 248 g/mol. The summed E-state index contributed by atoms with van der Waals surface area (Å²) in [5, 5.41) is 0.767. The standard InChI is InChI=1S/C14H21ClN2O/c1-2-18-14-4-3-13(15)7-12(14)10-17-6-5-11(8-16)9-17/h3-4,7,11H,2,5-6,8-10,16H2,1H3/t11-/m0/s1. The Morgan fingerprint density at radius 1 is 1.50 bits per heavy atom. The van der Waals surface area contributed by atoms with Crippen LogP contribution in [0.5, 0.6) is 5.75 Å². The number of likely N-dealkylation sites (tertiary alicyclic amines) is 1. The highest BCUT2D eigenvalue weighted by atomic mass is 35.5. The molecule has 0 bridgehead atoms. The summed E-state index contributed by atoms with van der Waals surface area (Å²) in [6, 6.07) is 5.84. The molecule has 3 nitrogen and oxygen atoms in total. The van der Waals surface area contributed by atoms with Gasteiger partial charge in [-0.05, 0) is 50.6 Å². The highest BCUT2D eigenvalue weighted by Crippen LogP contribution is 2.26. The minimum absolute atomic E-state index is 0.639. The van der Waals surface area contributed by atoms with E-state index in [-0.39, 0.29) is 0 Å². The van der Waals surface area contributed by atoms with E-state index >= 15 is 0 Å². The summed E-state index contributed by atoms with van der Waals surface area (Å²) < 4.78 is 5.65. The molecule has 0 amide bonds. The Hall–Kier alpha value is -0.770. The van der Waals surface area contributed by atoms with Crippen molar-refractivity contribution in [2.24, 2.45) is 11.7 Å². The Kier molecular flexibility index (Phi) is 4.87. The van der Waals surface area contributed by atoms with E-state index in [0.717, 1.165) is 37.0 Å². The van der Waals surface area contributed by atoms with Gasteiger partial charge in [-0.2, -0.15) is 0 Å². The zero-order valence-electron chi connectivity index (χ0n) is 10.9. The molecule has 1 fully saturated rings. The van der Waals surface area contributed by atoms with Crippen molar-refractivity contribution in [2.45, 2.75) is 19.9 Å². The van der Waals surface area contributed by atoms with Crippen LogP contribution in [0.2, 0.25) is 5.02 Å². The SMILES string of the molecule is CCOc1ccc(Cl)cc1CN1CC[C@@H](CN)C1. The van der Waals surface area contributed by atoms with E-state index in [1.54, 1.807) is 0 Å². The van der Waals surface area contributed by atoms with E-state index in [2.05, 4.69) is 4.90 Å². The zero-order chi connectivity index (χ0) is 13.0. The normalized spacial score (nSPS) is 20.3. The van der Waals surface area contributed by atoms with E-state index in [4.69, 9.17) is 22.1 Å². The predicted octanol–water partition coefficient (Wildman–Crippen LogP) is 2.52. The number of rotatable bonds is 5.